The summed E-state index contributed by atoms with van der Waals surface area (Å²) in [6.45, 7) is 3.38. The van der Waals surface area contributed by atoms with Crippen molar-refractivity contribution in [2.75, 3.05) is 18.4 Å². The van der Waals surface area contributed by atoms with Crippen LogP contribution >= 0.6 is 0 Å². The number of fused-ring (bicyclic) bond motifs is 1. The first-order valence-corrected chi connectivity index (χ1v) is 7.70. The lowest BCUT2D eigenvalue weighted by molar-refractivity contribution is -0.121. The summed E-state index contributed by atoms with van der Waals surface area (Å²) in [4.78, 5) is 23.1. The molecule has 0 radical (unpaired) electrons. The number of nitrogens with zero attached hydrogens (tertiary/aromatic N) is 1. The normalized spacial score (nSPS) is 10.6. The molecule has 2 rings (SSSR count). The zero-order valence-electron chi connectivity index (χ0n) is 12.8. The highest BCUT2D eigenvalue weighted by atomic mass is 16.1. The van der Waals surface area contributed by atoms with Gasteiger partial charge in [0.2, 0.25) is 5.91 Å². The molecule has 0 bridgehead atoms. The largest absolute Gasteiger partial charge is 0.368 e. The van der Waals surface area contributed by atoms with Gasteiger partial charge in [0.25, 0.3) is 5.56 Å². The van der Waals surface area contributed by atoms with Crippen molar-refractivity contribution in [1.29, 1.82) is 0 Å². The fourth-order valence-electron chi connectivity index (χ4n) is 2.20. The number of carbonyl (C=O) groups excluding carboxylic acids is 1. The van der Waals surface area contributed by atoms with E-state index in [9.17, 15) is 9.59 Å². The fourth-order valence-corrected chi connectivity index (χ4v) is 2.20. The lowest BCUT2D eigenvalue weighted by Crippen LogP contribution is -2.25. The van der Waals surface area contributed by atoms with Crippen molar-refractivity contribution in [1.82, 2.24) is 15.5 Å². The summed E-state index contributed by atoms with van der Waals surface area (Å²) in [6, 6.07) is 7.34. The average molecular weight is 302 g/mol. The number of hydrogen-bond acceptors (Lipinski definition) is 4. The van der Waals surface area contributed by atoms with Crippen LogP contribution in [0.2, 0.25) is 0 Å². The molecule has 0 spiro atoms. The van der Waals surface area contributed by atoms with E-state index in [1.54, 1.807) is 6.07 Å². The number of nitrogens with one attached hydrogen (secondary N) is 3. The quantitative estimate of drug-likeness (QED) is 0.651. The van der Waals surface area contributed by atoms with Crippen LogP contribution in [-0.2, 0) is 4.79 Å². The number of benzene rings is 1. The summed E-state index contributed by atoms with van der Waals surface area (Å²) < 4.78 is 0. The van der Waals surface area contributed by atoms with Crippen LogP contribution in [0.1, 0.15) is 32.6 Å². The molecule has 6 heteroatoms. The molecule has 3 N–H and O–H groups in total. The standard InChI is InChI=1S/C16H22N4O2/c1-2-3-9-14(21)17-10-6-11-18-15-12-7-4-5-8-13(12)16(22)20-19-15/h4-5,7-8H,2-3,6,9-11H2,1H3,(H,17,21)(H,18,19)(H,20,22). The predicted molar refractivity (Wildman–Crippen MR) is 88.0 cm³/mol. The molecule has 1 amide bonds. The molecule has 22 heavy (non-hydrogen) atoms. The SMILES string of the molecule is CCCCC(=O)NCCCNc1n[nH]c(=O)c2ccccc12. The Kier molecular flexibility index (Phi) is 5.94. The molecule has 6 nitrogen and oxygen atoms in total. The Bertz CT molecular complexity index is 681. The molecular formula is C16H22N4O2. The molecule has 0 fully saturated rings. The molecule has 1 aromatic heterocycles. The summed E-state index contributed by atoms with van der Waals surface area (Å²) in [5.41, 5.74) is -0.190. The van der Waals surface area contributed by atoms with Crippen molar-refractivity contribution >= 4 is 22.5 Å². The van der Waals surface area contributed by atoms with Gasteiger partial charge in [-0.25, -0.2) is 5.10 Å². The Hall–Kier alpha value is -2.37. The fraction of sp³-hybridized carbons (Fsp3) is 0.438. The third kappa shape index (κ3) is 4.31. The number of anilines is 1. The monoisotopic (exact) mass is 302 g/mol. The Balaban J connectivity index is 1.82. The van der Waals surface area contributed by atoms with Crippen LogP contribution in [0.15, 0.2) is 29.1 Å². The second-order valence-electron chi connectivity index (χ2n) is 5.18. The van der Waals surface area contributed by atoms with E-state index in [0.717, 1.165) is 24.6 Å². The molecule has 0 aliphatic heterocycles. The molecule has 1 heterocycles. The van der Waals surface area contributed by atoms with E-state index < -0.39 is 0 Å². The van der Waals surface area contributed by atoms with Gasteiger partial charge < -0.3 is 10.6 Å². The number of aromatic amines is 1. The van der Waals surface area contributed by atoms with E-state index in [1.807, 2.05) is 18.2 Å². The van der Waals surface area contributed by atoms with E-state index in [-0.39, 0.29) is 11.5 Å². The Labute approximate surface area is 129 Å². The van der Waals surface area contributed by atoms with Crippen LogP contribution in [0, 0.1) is 0 Å². The van der Waals surface area contributed by atoms with Gasteiger partial charge in [-0.3, -0.25) is 9.59 Å². The Morgan fingerprint density at radius 1 is 1.18 bits per heavy atom. The molecule has 0 saturated carbocycles. The number of amides is 1. The number of H-pyrrole nitrogens is 1. The first-order valence-electron chi connectivity index (χ1n) is 7.70. The molecule has 1 aromatic carbocycles. The highest BCUT2D eigenvalue weighted by molar-refractivity contribution is 5.90. The van der Waals surface area contributed by atoms with Gasteiger partial charge in [-0.1, -0.05) is 31.5 Å². The summed E-state index contributed by atoms with van der Waals surface area (Å²) in [6.07, 6.45) is 3.35. The maximum atomic E-state index is 11.7. The molecule has 118 valence electrons. The van der Waals surface area contributed by atoms with E-state index in [0.29, 0.717) is 30.7 Å². The van der Waals surface area contributed by atoms with Crippen molar-refractivity contribution in [2.45, 2.75) is 32.6 Å². The van der Waals surface area contributed by atoms with Crippen molar-refractivity contribution in [2.24, 2.45) is 0 Å². The summed E-state index contributed by atoms with van der Waals surface area (Å²) >= 11 is 0. The van der Waals surface area contributed by atoms with Gasteiger partial charge in [-0.05, 0) is 18.9 Å². The van der Waals surface area contributed by atoms with Gasteiger partial charge >= 0.3 is 0 Å². The average Bonchev–Trinajstić information content (AvgIpc) is 2.55. The van der Waals surface area contributed by atoms with Crippen LogP contribution in [0.3, 0.4) is 0 Å². The maximum Gasteiger partial charge on any atom is 0.272 e. The number of rotatable bonds is 8. The van der Waals surface area contributed by atoms with Crippen LogP contribution in [0.25, 0.3) is 10.8 Å². The van der Waals surface area contributed by atoms with Crippen LogP contribution in [0.4, 0.5) is 5.82 Å². The highest BCUT2D eigenvalue weighted by Crippen LogP contribution is 2.16. The van der Waals surface area contributed by atoms with Gasteiger partial charge in [0.05, 0.1) is 5.39 Å². The zero-order valence-corrected chi connectivity index (χ0v) is 12.8. The smallest absolute Gasteiger partial charge is 0.272 e. The third-order valence-corrected chi connectivity index (χ3v) is 3.42. The molecule has 0 saturated heterocycles. The van der Waals surface area contributed by atoms with Crippen LogP contribution in [0.5, 0.6) is 0 Å². The highest BCUT2D eigenvalue weighted by Gasteiger charge is 2.05. The number of hydrogen-bond donors (Lipinski definition) is 3. The summed E-state index contributed by atoms with van der Waals surface area (Å²) in [7, 11) is 0. The summed E-state index contributed by atoms with van der Waals surface area (Å²) in [5.74, 6) is 0.766. The lowest BCUT2D eigenvalue weighted by atomic mass is 10.2. The van der Waals surface area contributed by atoms with Gasteiger partial charge in [0.1, 0.15) is 0 Å². The van der Waals surface area contributed by atoms with Crippen LogP contribution < -0.4 is 16.2 Å². The van der Waals surface area contributed by atoms with E-state index >= 15 is 0 Å². The van der Waals surface area contributed by atoms with E-state index in [2.05, 4.69) is 27.8 Å². The minimum absolute atomic E-state index is 0.106. The van der Waals surface area contributed by atoms with Crippen molar-refractivity contribution in [3.8, 4) is 0 Å². The zero-order chi connectivity index (χ0) is 15.8. The van der Waals surface area contributed by atoms with Crippen molar-refractivity contribution in [3.05, 3.63) is 34.6 Å². The van der Waals surface area contributed by atoms with E-state index in [1.165, 1.54) is 0 Å². The molecule has 0 aliphatic carbocycles. The minimum Gasteiger partial charge on any atom is -0.368 e. The van der Waals surface area contributed by atoms with Gasteiger partial charge in [-0.2, -0.15) is 5.10 Å². The summed E-state index contributed by atoms with van der Waals surface area (Å²) in [5, 5.41) is 14.0. The van der Waals surface area contributed by atoms with Gasteiger partial charge in [0, 0.05) is 24.9 Å². The first-order chi connectivity index (χ1) is 10.7. The molecule has 0 aliphatic rings. The van der Waals surface area contributed by atoms with Crippen molar-refractivity contribution in [3.63, 3.8) is 0 Å². The van der Waals surface area contributed by atoms with Gasteiger partial charge in [0.15, 0.2) is 5.82 Å². The molecule has 2 aromatic rings. The van der Waals surface area contributed by atoms with Gasteiger partial charge in [-0.15, -0.1) is 0 Å². The second-order valence-corrected chi connectivity index (χ2v) is 5.18. The molecular weight excluding hydrogens is 280 g/mol. The van der Waals surface area contributed by atoms with Crippen molar-refractivity contribution < 1.29 is 4.79 Å². The Morgan fingerprint density at radius 2 is 1.95 bits per heavy atom. The lowest BCUT2D eigenvalue weighted by Gasteiger charge is -2.08. The predicted octanol–water partition coefficient (Wildman–Crippen LogP) is 2.03. The number of aromatic nitrogens is 2. The topological polar surface area (TPSA) is 86.9 Å². The molecule has 0 unspecified atom stereocenters. The number of unbranched alkanes of at least 4 members (excludes halogenated alkanes) is 1. The Morgan fingerprint density at radius 3 is 2.73 bits per heavy atom. The molecule has 0 atom stereocenters. The third-order valence-electron chi connectivity index (χ3n) is 3.42. The first kappa shape index (κ1) is 16.0. The maximum absolute atomic E-state index is 11.7. The van der Waals surface area contributed by atoms with Crippen LogP contribution in [-0.4, -0.2) is 29.2 Å². The van der Waals surface area contributed by atoms with E-state index in [4.69, 9.17) is 0 Å². The number of carbonyl (C=O) groups is 1. The minimum atomic E-state index is -0.190. The second kappa shape index (κ2) is 8.17.